The molecule has 22 aromatic rings. The Bertz CT molecular complexity index is 7610. The number of rotatable bonds is 13. The maximum atomic E-state index is 7.19. The van der Waals surface area contributed by atoms with Gasteiger partial charge in [-0.2, -0.15) is 0 Å². The molecule has 4 nitrogen and oxygen atoms in total. The lowest BCUT2D eigenvalue weighted by Gasteiger charge is -2.33. The van der Waals surface area contributed by atoms with Crippen LogP contribution in [-0.4, -0.2) is 0 Å². The first-order chi connectivity index (χ1) is 57.5. The molecule has 24 rings (SSSR count). The van der Waals surface area contributed by atoms with Crippen molar-refractivity contribution >= 4 is 141 Å². The van der Waals surface area contributed by atoms with E-state index in [2.05, 4.69) is 422 Å². The van der Waals surface area contributed by atoms with E-state index in [1.807, 2.05) is 22.7 Å². The third-order valence-electron chi connectivity index (χ3n) is 24.8. The molecule has 18 aromatic carbocycles. The lowest BCUT2D eigenvalue weighted by Crippen LogP contribution is -2.28. The number of furan rings is 2. The molecule has 2 aliphatic rings. The first-order valence-corrected chi connectivity index (χ1v) is 41.4. The highest BCUT2D eigenvalue weighted by atomic mass is 32.1. The fourth-order valence-corrected chi connectivity index (χ4v) is 22.1. The molecule has 0 radical (unpaired) electrons. The number of benzene rings is 18. The van der Waals surface area contributed by atoms with E-state index in [1.54, 1.807) is 0 Å². The molecule has 0 bridgehead atoms. The van der Waals surface area contributed by atoms with Gasteiger partial charge in [0.1, 0.15) is 22.3 Å². The Labute approximate surface area is 678 Å². The summed E-state index contributed by atoms with van der Waals surface area (Å²) in [6.07, 6.45) is 0. The highest BCUT2D eigenvalue weighted by Crippen LogP contribution is 2.61. The smallest absolute Gasteiger partial charge is 0.137 e. The minimum absolute atomic E-state index is 0.541. The van der Waals surface area contributed by atoms with Gasteiger partial charge >= 0.3 is 0 Å². The summed E-state index contributed by atoms with van der Waals surface area (Å²) in [5.41, 5.74) is 30.3. The van der Waals surface area contributed by atoms with Crippen LogP contribution in [0.3, 0.4) is 0 Å². The van der Waals surface area contributed by atoms with Crippen LogP contribution in [-0.2, 0) is 10.8 Å². The molecule has 2 aliphatic carbocycles. The first-order valence-electron chi connectivity index (χ1n) is 39.7. The van der Waals surface area contributed by atoms with Crippen LogP contribution in [0.15, 0.2) is 421 Å². The maximum Gasteiger partial charge on any atom is 0.137 e. The van der Waals surface area contributed by atoms with Crippen molar-refractivity contribution in [3.8, 4) is 55.6 Å². The minimum Gasteiger partial charge on any atom is -0.456 e. The summed E-state index contributed by atoms with van der Waals surface area (Å²) in [6, 6.07) is 152. The normalized spacial score (nSPS) is 13.1. The van der Waals surface area contributed by atoms with Gasteiger partial charge in [0.2, 0.25) is 0 Å². The van der Waals surface area contributed by atoms with E-state index in [4.69, 9.17) is 8.83 Å². The van der Waals surface area contributed by atoms with Gasteiger partial charge in [-0.3, -0.25) is 0 Å². The van der Waals surface area contributed by atoms with E-state index in [1.165, 1.54) is 124 Å². The zero-order valence-electron chi connectivity index (χ0n) is 62.8. The molecule has 116 heavy (non-hydrogen) atoms. The third-order valence-corrected chi connectivity index (χ3v) is 27.2. The SMILES string of the molecule is c1ccc(-c2ccc(N(c3ccc4sc5c(-c6cccc(-c7ccc(N(c8ccc9c(c8)oc8cc%10c(cc89)-c8ccccc8C%10(c8ccccc8)c8ccccc8)c8ccc9sc%10ccccc%10c9c8)cc7)c6)cccc5c4c3)c3cccc4oc5cc6c(cc5c34)-c3ccccc3C6(c3ccccc3)c3ccccc3)cc2)cc1. The standard InChI is InChI=1S/C110H68N2O2S2/c1-6-25-69(26-7-1)70-47-53-79(54-48-70)112(99-44-24-45-100-107(99)94-66-90-85-38-17-20-43-96(85)110(76-33-12-4-13-34-76,77-35-14-5-15-36-77)98(90)68-103(94)113-100)81-57-60-106-93(63-81)88-41-23-40-83(108(88)116-106)73-28-22-27-72(61-73)71-49-51-78(52-50-71)111(80-56-59-105-92(62-80)87-39-18-21-46-104(87)115-105)82-55-58-86-91-65-89-84-37-16-19-42-95(84)109(74-29-8-2-9-30-74,75-31-10-3-11-32-75)97(89)67-102(91)114-101(86)64-82/h1-68H. The van der Waals surface area contributed by atoms with Crippen LogP contribution in [0.5, 0.6) is 0 Å². The van der Waals surface area contributed by atoms with Gasteiger partial charge in [-0.15, -0.1) is 22.7 Å². The molecule has 0 atom stereocenters. The molecule has 0 spiro atoms. The second kappa shape index (κ2) is 26.1. The number of fused-ring (bicyclic) bond motifs is 18. The summed E-state index contributed by atoms with van der Waals surface area (Å²) in [7, 11) is 0. The van der Waals surface area contributed by atoms with Gasteiger partial charge < -0.3 is 18.6 Å². The van der Waals surface area contributed by atoms with Crippen molar-refractivity contribution in [2.45, 2.75) is 10.8 Å². The van der Waals surface area contributed by atoms with Crippen LogP contribution in [0.1, 0.15) is 44.5 Å². The molecule has 6 heteroatoms. The van der Waals surface area contributed by atoms with Crippen molar-refractivity contribution in [3.05, 3.63) is 457 Å². The number of thiophene rings is 2. The van der Waals surface area contributed by atoms with Crippen molar-refractivity contribution in [2.75, 3.05) is 9.80 Å². The molecule has 0 amide bonds. The third kappa shape index (κ3) is 9.97. The van der Waals surface area contributed by atoms with Crippen LogP contribution < -0.4 is 9.80 Å². The van der Waals surface area contributed by atoms with Crippen LogP contribution >= 0.6 is 22.7 Å². The lowest BCUT2D eigenvalue weighted by molar-refractivity contribution is 0.665. The second-order valence-corrected chi connectivity index (χ2v) is 33.0. The predicted molar refractivity (Wildman–Crippen MR) is 487 cm³/mol. The monoisotopic (exact) mass is 1510 g/mol. The summed E-state index contributed by atoms with van der Waals surface area (Å²) in [5.74, 6) is 0. The lowest BCUT2D eigenvalue weighted by atomic mass is 9.67. The summed E-state index contributed by atoms with van der Waals surface area (Å²) in [4.78, 5) is 4.84. The predicted octanol–water partition coefficient (Wildman–Crippen LogP) is 30.9. The molecular weight excluding hydrogens is 1450 g/mol. The molecule has 0 aliphatic heterocycles. The Kier molecular flexibility index (Phi) is 14.9. The second-order valence-electron chi connectivity index (χ2n) is 30.8. The zero-order valence-corrected chi connectivity index (χ0v) is 64.4. The van der Waals surface area contributed by atoms with E-state index in [9.17, 15) is 0 Å². The van der Waals surface area contributed by atoms with E-state index in [-0.39, 0.29) is 0 Å². The Morgan fingerprint density at radius 1 is 0.207 bits per heavy atom. The average Bonchev–Trinajstić information content (AvgIpc) is 1.54. The van der Waals surface area contributed by atoms with Crippen molar-refractivity contribution in [3.63, 3.8) is 0 Å². The van der Waals surface area contributed by atoms with Gasteiger partial charge in [0, 0.05) is 91.0 Å². The van der Waals surface area contributed by atoms with Gasteiger partial charge in [-0.05, 0) is 221 Å². The molecular formula is C110H68N2O2S2. The van der Waals surface area contributed by atoms with Gasteiger partial charge in [0.15, 0.2) is 0 Å². The quantitative estimate of drug-likeness (QED) is 0.115. The number of anilines is 6. The Morgan fingerprint density at radius 2 is 0.629 bits per heavy atom. The fraction of sp³-hybridized carbons (Fsp3) is 0.0182. The minimum atomic E-state index is -0.565. The van der Waals surface area contributed by atoms with E-state index in [0.717, 1.165) is 94.7 Å². The van der Waals surface area contributed by atoms with Crippen molar-refractivity contribution < 1.29 is 8.83 Å². The maximum absolute atomic E-state index is 7.19. The molecule has 542 valence electrons. The number of hydrogen-bond donors (Lipinski definition) is 0. The average molecular weight is 1510 g/mol. The van der Waals surface area contributed by atoms with Crippen molar-refractivity contribution in [2.24, 2.45) is 0 Å². The van der Waals surface area contributed by atoms with Crippen molar-refractivity contribution in [1.29, 1.82) is 0 Å². The zero-order chi connectivity index (χ0) is 76.2. The fourth-order valence-electron chi connectivity index (χ4n) is 19.7. The summed E-state index contributed by atoms with van der Waals surface area (Å²) >= 11 is 3.71. The van der Waals surface area contributed by atoms with Crippen LogP contribution in [0.2, 0.25) is 0 Å². The molecule has 4 heterocycles. The van der Waals surface area contributed by atoms with Gasteiger partial charge in [0.05, 0.1) is 21.9 Å². The largest absolute Gasteiger partial charge is 0.456 e. The van der Waals surface area contributed by atoms with Crippen LogP contribution in [0.25, 0.3) is 140 Å². The molecule has 0 unspecified atom stereocenters. The highest BCUT2D eigenvalue weighted by molar-refractivity contribution is 7.26. The van der Waals surface area contributed by atoms with E-state index in [0.29, 0.717) is 0 Å². The first kappa shape index (κ1) is 66.2. The number of nitrogens with zero attached hydrogens (tertiary/aromatic N) is 2. The summed E-state index contributed by atoms with van der Waals surface area (Å²) < 4.78 is 19.4. The number of hydrogen-bond acceptors (Lipinski definition) is 6. The van der Waals surface area contributed by atoms with Crippen LogP contribution in [0, 0.1) is 0 Å². The molecule has 0 saturated carbocycles. The molecule has 4 aromatic heterocycles. The summed E-state index contributed by atoms with van der Waals surface area (Å²) in [5, 5.41) is 9.24. The van der Waals surface area contributed by atoms with Gasteiger partial charge in [0.25, 0.3) is 0 Å². The molecule has 0 saturated heterocycles. The van der Waals surface area contributed by atoms with Gasteiger partial charge in [-0.25, -0.2) is 0 Å². The molecule has 0 N–H and O–H groups in total. The van der Waals surface area contributed by atoms with E-state index < -0.39 is 10.8 Å². The highest BCUT2D eigenvalue weighted by Gasteiger charge is 2.48. The Hall–Kier alpha value is -14.4. The Morgan fingerprint density at radius 3 is 1.27 bits per heavy atom. The Balaban J connectivity index is 0.604. The topological polar surface area (TPSA) is 32.8 Å². The van der Waals surface area contributed by atoms with Crippen LogP contribution in [0.4, 0.5) is 34.1 Å². The van der Waals surface area contributed by atoms with Crippen molar-refractivity contribution in [1.82, 2.24) is 0 Å². The van der Waals surface area contributed by atoms with Gasteiger partial charge in [-0.1, -0.05) is 285 Å². The summed E-state index contributed by atoms with van der Waals surface area (Å²) in [6.45, 7) is 0. The molecule has 0 fully saturated rings. The van der Waals surface area contributed by atoms with E-state index >= 15 is 0 Å².